The SMILES string of the molecule is CCCN(CCC(=O)Nc1ccc(CC)cc1)S(C)(=O)=O. The second-order valence-electron chi connectivity index (χ2n) is 5.01. The van der Waals surface area contributed by atoms with Crippen LogP contribution in [0.5, 0.6) is 0 Å². The summed E-state index contributed by atoms with van der Waals surface area (Å²) in [7, 11) is -3.25. The van der Waals surface area contributed by atoms with Crippen LogP contribution in [0.1, 0.15) is 32.3 Å². The standard InChI is InChI=1S/C15H24N2O3S/c1-4-11-17(21(3,19)20)12-10-15(18)16-14-8-6-13(5-2)7-9-14/h6-9H,4-5,10-12H2,1-3H3,(H,16,18). The van der Waals surface area contributed by atoms with Crippen LogP contribution in [0, 0.1) is 0 Å². The fourth-order valence-electron chi connectivity index (χ4n) is 1.97. The number of carbonyl (C=O) groups excluding carboxylic acids is 1. The van der Waals surface area contributed by atoms with Gasteiger partial charge >= 0.3 is 0 Å². The molecule has 1 aromatic carbocycles. The molecule has 1 N–H and O–H groups in total. The normalized spacial score (nSPS) is 11.6. The lowest BCUT2D eigenvalue weighted by Gasteiger charge is -2.18. The lowest BCUT2D eigenvalue weighted by Crippen LogP contribution is -2.33. The maximum Gasteiger partial charge on any atom is 0.225 e. The number of nitrogens with one attached hydrogen (secondary N) is 1. The van der Waals surface area contributed by atoms with Gasteiger partial charge in [-0.25, -0.2) is 12.7 Å². The third-order valence-corrected chi connectivity index (χ3v) is 4.48. The summed E-state index contributed by atoms with van der Waals surface area (Å²) in [5, 5.41) is 2.78. The fourth-order valence-corrected chi connectivity index (χ4v) is 2.90. The van der Waals surface area contributed by atoms with Crippen molar-refractivity contribution in [2.75, 3.05) is 24.7 Å². The molecule has 0 spiro atoms. The van der Waals surface area contributed by atoms with Gasteiger partial charge < -0.3 is 5.32 Å². The Kier molecular flexibility index (Phi) is 6.84. The molecule has 5 nitrogen and oxygen atoms in total. The van der Waals surface area contributed by atoms with E-state index >= 15 is 0 Å². The molecule has 0 saturated heterocycles. The van der Waals surface area contributed by atoms with E-state index in [4.69, 9.17) is 0 Å². The van der Waals surface area contributed by atoms with E-state index < -0.39 is 10.0 Å². The fraction of sp³-hybridized carbons (Fsp3) is 0.533. The molecular weight excluding hydrogens is 288 g/mol. The molecule has 118 valence electrons. The van der Waals surface area contributed by atoms with Crippen molar-refractivity contribution in [2.24, 2.45) is 0 Å². The maximum absolute atomic E-state index is 11.9. The Morgan fingerprint density at radius 3 is 2.24 bits per heavy atom. The monoisotopic (exact) mass is 312 g/mol. The predicted molar refractivity (Wildman–Crippen MR) is 85.8 cm³/mol. The van der Waals surface area contributed by atoms with Gasteiger partial charge in [0.2, 0.25) is 15.9 Å². The number of hydrogen-bond donors (Lipinski definition) is 1. The van der Waals surface area contributed by atoms with Crippen molar-refractivity contribution in [3.05, 3.63) is 29.8 Å². The van der Waals surface area contributed by atoms with Crippen molar-refractivity contribution in [2.45, 2.75) is 33.1 Å². The van der Waals surface area contributed by atoms with Gasteiger partial charge in [0.1, 0.15) is 0 Å². The van der Waals surface area contributed by atoms with E-state index in [0.29, 0.717) is 6.54 Å². The lowest BCUT2D eigenvalue weighted by molar-refractivity contribution is -0.116. The van der Waals surface area contributed by atoms with Gasteiger partial charge in [-0.2, -0.15) is 0 Å². The van der Waals surface area contributed by atoms with E-state index in [1.807, 2.05) is 31.2 Å². The highest BCUT2D eigenvalue weighted by Gasteiger charge is 2.16. The van der Waals surface area contributed by atoms with Crippen molar-refractivity contribution >= 4 is 21.6 Å². The third kappa shape index (κ3) is 6.27. The van der Waals surface area contributed by atoms with Crippen LogP contribution in [0.3, 0.4) is 0 Å². The minimum atomic E-state index is -3.25. The molecule has 0 aliphatic heterocycles. The smallest absolute Gasteiger partial charge is 0.225 e. The van der Waals surface area contributed by atoms with Gasteiger partial charge in [0.05, 0.1) is 6.26 Å². The first-order valence-corrected chi connectivity index (χ1v) is 9.05. The van der Waals surface area contributed by atoms with Crippen LogP contribution in [0.15, 0.2) is 24.3 Å². The molecule has 0 saturated carbocycles. The Labute approximate surface area is 127 Å². The summed E-state index contributed by atoms with van der Waals surface area (Å²) in [4.78, 5) is 11.9. The summed E-state index contributed by atoms with van der Waals surface area (Å²) < 4.78 is 24.5. The minimum absolute atomic E-state index is 0.155. The summed E-state index contributed by atoms with van der Waals surface area (Å²) >= 11 is 0. The summed E-state index contributed by atoms with van der Waals surface area (Å²) in [6, 6.07) is 7.65. The molecule has 21 heavy (non-hydrogen) atoms. The second kappa shape index (κ2) is 8.14. The molecule has 1 amide bonds. The molecule has 1 rings (SSSR count). The zero-order chi connectivity index (χ0) is 15.9. The lowest BCUT2D eigenvalue weighted by atomic mass is 10.1. The van der Waals surface area contributed by atoms with Crippen LogP contribution >= 0.6 is 0 Å². The number of nitrogens with zero attached hydrogens (tertiary/aromatic N) is 1. The number of rotatable bonds is 8. The van der Waals surface area contributed by atoms with E-state index in [-0.39, 0.29) is 18.9 Å². The Balaban J connectivity index is 2.52. The molecule has 0 aliphatic rings. The van der Waals surface area contributed by atoms with Crippen molar-refractivity contribution in [1.82, 2.24) is 4.31 Å². The van der Waals surface area contributed by atoms with Gasteiger partial charge in [-0.3, -0.25) is 4.79 Å². The van der Waals surface area contributed by atoms with Gasteiger partial charge in [0.25, 0.3) is 0 Å². The Hall–Kier alpha value is -1.40. The highest BCUT2D eigenvalue weighted by atomic mass is 32.2. The zero-order valence-corrected chi connectivity index (χ0v) is 13.7. The molecule has 0 heterocycles. The van der Waals surface area contributed by atoms with Crippen molar-refractivity contribution in [1.29, 1.82) is 0 Å². The molecule has 0 fully saturated rings. The van der Waals surface area contributed by atoms with Crippen LogP contribution < -0.4 is 5.32 Å². The number of benzene rings is 1. The third-order valence-electron chi connectivity index (χ3n) is 3.18. The van der Waals surface area contributed by atoms with Crippen molar-refractivity contribution in [3.8, 4) is 0 Å². The van der Waals surface area contributed by atoms with E-state index in [2.05, 4.69) is 12.2 Å². The largest absolute Gasteiger partial charge is 0.326 e. The first-order valence-electron chi connectivity index (χ1n) is 7.20. The molecule has 0 aromatic heterocycles. The molecule has 0 atom stereocenters. The first kappa shape index (κ1) is 17.7. The van der Waals surface area contributed by atoms with Crippen LogP contribution in [-0.4, -0.2) is 38.0 Å². The number of aryl methyl sites for hydroxylation is 1. The van der Waals surface area contributed by atoms with Crippen LogP contribution in [0.25, 0.3) is 0 Å². The average Bonchev–Trinajstić information content (AvgIpc) is 2.43. The molecule has 0 bridgehead atoms. The second-order valence-corrected chi connectivity index (χ2v) is 6.99. The van der Waals surface area contributed by atoms with Crippen LogP contribution in [0.4, 0.5) is 5.69 Å². The minimum Gasteiger partial charge on any atom is -0.326 e. The first-order chi connectivity index (χ1) is 9.86. The topological polar surface area (TPSA) is 66.5 Å². The van der Waals surface area contributed by atoms with Gasteiger partial charge in [0, 0.05) is 25.2 Å². The molecule has 0 unspecified atom stereocenters. The molecular formula is C15H24N2O3S. The van der Waals surface area contributed by atoms with E-state index in [1.54, 1.807) is 0 Å². The van der Waals surface area contributed by atoms with Gasteiger partial charge in [-0.15, -0.1) is 0 Å². The number of anilines is 1. The van der Waals surface area contributed by atoms with Crippen LogP contribution in [-0.2, 0) is 21.2 Å². The van der Waals surface area contributed by atoms with Crippen LogP contribution in [0.2, 0.25) is 0 Å². The summed E-state index contributed by atoms with van der Waals surface area (Å²) in [5.41, 5.74) is 1.94. The number of carbonyl (C=O) groups is 1. The Morgan fingerprint density at radius 1 is 1.14 bits per heavy atom. The van der Waals surface area contributed by atoms with Gasteiger partial charge in [-0.1, -0.05) is 26.0 Å². The molecule has 6 heteroatoms. The summed E-state index contributed by atoms with van der Waals surface area (Å²) in [6.07, 6.45) is 3.01. The van der Waals surface area contributed by atoms with Gasteiger partial charge in [-0.05, 0) is 30.5 Å². The van der Waals surface area contributed by atoms with E-state index in [1.165, 1.54) is 16.1 Å². The Morgan fingerprint density at radius 2 is 1.76 bits per heavy atom. The van der Waals surface area contributed by atoms with Crippen molar-refractivity contribution < 1.29 is 13.2 Å². The summed E-state index contributed by atoms with van der Waals surface area (Å²) in [5.74, 6) is -0.177. The number of sulfonamides is 1. The molecule has 1 aromatic rings. The molecule has 0 radical (unpaired) electrons. The van der Waals surface area contributed by atoms with Crippen molar-refractivity contribution in [3.63, 3.8) is 0 Å². The maximum atomic E-state index is 11.9. The van der Waals surface area contributed by atoms with E-state index in [9.17, 15) is 13.2 Å². The Bertz CT molecular complexity index is 553. The van der Waals surface area contributed by atoms with Gasteiger partial charge in [0.15, 0.2) is 0 Å². The predicted octanol–water partition coefficient (Wildman–Crippen LogP) is 2.25. The van der Waals surface area contributed by atoms with E-state index in [0.717, 1.165) is 18.5 Å². The quantitative estimate of drug-likeness (QED) is 0.800. The molecule has 0 aliphatic carbocycles. The average molecular weight is 312 g/mol. The number of hydrogen-bond acceptors (Lipinski definition) is 3. The highest BCUT2D eigenvalue weighted by Crippen LogP contribution is 2.10. The summed E-state index contributed by atoms with van der Waals surface area (Å²) in [6.45, 7) is 4.64. The highest BCUT2D eigenvalue weighted by molar-refractivity contribution is 7.88. The number of amides is 1. The zero-order valence-electron chi connectivity index (χ0n) is 12.9.